The van der Waals surface area contributed by atoms with Crippen LogP contribution in [0, 0.1) is 0 Å². The highest BCUT2D eigenvalue weighted by Crippen LogP contribution is 2.31. The van der Waals surface area contributed by atoms with Crippen molar-refractivity contribution in [3.63, 3.8) is 0 Å². The summed E-state index contributed by atoms with van der Waals surface area (Å²) in [4.78, 5) is 0. The molecule has 0 unspecified atom stereocenters. The second-order valence-electron chi connectivity index (χ2n) is 3.40. The molecule has 90 valence electrons. The molecule has 4 heteroatoms. The van der Waals surface area contributed by atoms with Gasteiger partial charge in [-0.25, -0.2) is 0 Å². The van der Waals surface area contributed by atoms with Crippen molar-refractivity contribution in [3.05, 3.63) is 23.8 Å². The van der Waals surface area contributed by atoms with Gasteiger partial charge in [0.2, 0.25) is 0 Å². The van der Waals surface area contributed by atoms with Crippen LogP contribution >= 0.6 is 0 Å². The lowest BCUT2D eigenvalue weighted by atomic mass is 10.2. The van der Waals surface area contributed by atoms with Crippen molar-refractivity contribution in [2.75, 3.05) is 27.4 Å². The molecule has 0 aliphatic heterocycles. The molecule has 0 spiro atoms. The Hall–Kier alpha value is -1.26. The van der Waals surface area contributed by atoms with Crippen LogP contribution in [0.3, 0.4) is 0 Å². The van der Waals surface area contributed by atoms with Crippen molar-refractivity contribution < 1.29 is 14.6 Å². The first kappa shape index (κ1) is 12.8. The van der Waals surface area contributed by atoms with Gasteiger partial charge in [0, 0.05) is 25.1 Å². The van der Waals surface area contributed by atoms with Crippen LogP contribution in [-0.4, -0.2) is 32.5 Å². The predicted molar refractivity (Wildman–Crippen MR) is 63.0 cm³/mol. The van der Waals surface area contributed by atoms with Crippen molar-refractivity contribution in [3.8, 4) is 11.5 Å². The van der Waals surface area contributed by atoms with Crippen LogP contribution in [-0.2, 0) is 6.54 Å². The van der Waals surface area contributed by atoms with Crippen molar-refractivity contribution in [2.45, 2.75) is 13.0 Å². The fourth-order valence-electron chi connectivity index (χ4n) is 1.45. The first-order valence-corrected chi connectivity index (χ1v) is 5.37. The lowest BCUT2D eigenvalue weighted by molar-refractivity contribution is 0.226. The summed E-state index contributed by atoms with van der Waals surface area (Å²) >= 11 is 0. The normalized spacial score (nSPS) is 10.2. The first-order chi connectivity index (χ1) is 7.83. The summed E-state index contributed by atoms with van der Waals surface area (Å²) in [6, 6.07) is 5.80. The molecule has 0 saturated heterocycles. The Labute approximate surface area is 96.2 Å². The number of methoxy groups -OCH3 is 1. The Balaban J connectivity index is 2.81. The molecule has 0 heterocycles. The molecule has 16 heavy (non-hydrogen) atoms. The Morgan fingerprint density at radius 1 is 1.38 bits per heavy atom. The lowest BCUT2D eigenvalue weighted by Crippen LogP contribution is -2.09. The van der Waals surface area contributed by atoms with Crippen LogP contribution in [0.2, 0.25) is 0 Å². The molecule has 0 amide bonds. The molecule has 2 N–H and O–H groups in total. The maximum absolute atomic E-state index is 8.72. The number of hydrogen-bond acceptors (Lipinski definition) is 4. The zero-order valence-electron chi connectivity index (χ0n) is 9.82. The van der Waals surface area contributed by atoms with E-state index in [1.807, 2.05) is 25.2 Å². The summed E-state index contributed by atoms with van der Waals surface area (Å²) < 4.78 is 10.9. The number of hydrogen-bond donors (Lipinski definition) is 2. The average molecular weight is 225 g/mol. The second-order valence-corrected chi connectivity index (χ2v) is 3.40. The number of aliphatic hydroxyl groups excluding tert-OH is 1. The largest absolute Gasteiger partial charge is 0.493 e. The molecule has 0 aliphatic carbocycles. The van der Waals surface area contributed by atoms with E-state index >= 15 is 0 Å². The van der Waals surface area contributed by atoms with Gasteiger partial charge in [-0.1, -0.05) is 12.1 Å². The number of benzene rings is 1. The van der Waals surface area contributed by atoms with Crippen molar-refractivity contribution in [1.29, 1.82) is 0 Å². The lowest BCUT2D eigenvalue weighted by Gasteiger charge is -2.14. The van der Waals surface area contributed by atoms with Crippen molar-refractivity contribution in [2.24, 2.45) is 0 Å². The molecule has 4 nitrogen and oxygen atoms in total. The Morgan fingerprint density at radius 3 is 2.81 bits per heavy atom. The number of rotatable bonds is 7. The topological polar surface area (TPSA) is 50.7 Å². The third kappa shape index (κ3) is 3.40. The van der Waals surface area contributed by atoms with Gasteiger partial charge in [0.15, 0.2) is 11.5 Å². The number of ether oxygens (including phenoxy) is 2. The van der Waals surface area contributed by atoms with Gasteiger partial charge in [-0.2, -0.15) is 0 Å². The monoisotopic (exact) mass is 225 g/mol. The highest BCUT2D eigenvalue weighted by molar-refractivity contribution is 5.46. The maximum atomic E-state index is 8.72. The van der Waals surface area contributed by atoms with Gasteiger partial charge in [0.1, 0.15) is 0 Å². The van der Waals surface area contributed by atoms with E-state index in [4.69, 9.17) is 14.6 Å². The Bertz CT molecular complexity index is 315. The van der Waals surface area contributed by atoms with Gasteiger partial charge >= 0.3 is 0 Å². The van der Waals surface area contributed by atoms with Gasteiger partial charge in [-0.05, 0) is 13.1 Å². The predicted octanol–water partition coefficient (Wildman–Crippen LogP) is 1.18. The van der Waals surface area contributed by atoms with Gasteiger partial charge in [0.25, 0.3) is 0 Å². The molecular formula is C12H19NO3. The first-order valence-electron chi connectivity index (χ1n) is 5.37. The fourth-order valence-corrected chi connectivity index (χ4v) is 1.45. The van der Waals surface area contributed by atoms with E-state index < -0.39 is 0 Å². The van der Waals surface area contributed by atoms with Gasteiger partial charge in [0.05, 0.1) is 13.7 Å². The van der Waals surface area contributed by atoms with Crippen molar-refractivity contribution in [1.82, 2.24) is 5.32 Å². The summed E-state index contributed by atoms with van der Waals surface area (Å²) in [6.45, 7) is 1.36. The Morgan fingerprint density at radius 2 is 2.19 bits per heavy atom. The molecule has 0 radical (unpaired) electrons. The molecule has 1 rings (SSSR count). The molecule has 0 aliphatic rings. The molecule has 1 aromatic rings. The maximum Gasteiger partial charge on any atom is 0.165 e. The van der Waals surface area contributed by atoms with Gasteiger partial charge < -0.3 is 19.9 Å². The minimum Gasteiger partial charge on any atom is -0.493 e. The molecular weight excluding hydrogens is 206 g/mol. The van der Waals surface area contributed by atoms with Crippen LogP contribution < -0.4 is 14.8 Å². The minimum absolute atomic E-state index is 0.135. The summed E-state index contributed by atoms with van der Waals surface area (Å²) in [5, 5.41) is 11.8. The standard InChI is InChI=1S/C12H19NO3/c1-13-9-10-5-3-6-11(15-2)12(10)16-8-4-7-14/h3,5-6,13-14H,4,7-9H2,1-2H3. The summed E-state index contributed by atoms with van der Waals surface area (Å²) in [5.74, 6) is 1.48. The number of para-hydroxylation sites is 1. The van der Waals surface area contributed by atoms with E-state index in [9.17, 15) is 0 Å². The van der Waals surface area contributed by atoms with Crippen molar-refractivity contribution >= 4 is 0 Å². The van der Waals surface area contributed by atoms with Crippen LogP contribution in [0.25, 0.3) is 0 Å². The van der Waals surface area contributed by atoms with E-state index in [-0.39, 0.29) is 6.61 Å². The molecule has 0 aromatic heterocycles. The van der Waals surface area contributed by atoms with Gasteiger partial charge in [-0.15, -0.1) is 0 Å². The molecule has 0 bridgehead atoms. The fraction of sp³-hybridized carbons (Fsp3) is 0.500. The Kier molecular flexibility index (Phi) is 5.67. The average Bonchev–Trinajstić information content (AvgIpc) is 2.31. The van der Waals surface area contributed by atoms with Crippen LogP contribution in [0.15, 0.2) is 18.2 Å². The molecule has 0 fully saturated rings. The highest BCUT2D eigenvalue weighted by atomic mass is 16.5. The third-order valence-electron chi connectivity index (χ3n) is 2.20. The number of aliphatic hydroxyl groups is 1. The zero-order valence-corrected chi connectivity index (χ0v) is 9.82. The van der Waals surface area contributed by atoms with Crippen LogP contribution in [0.1, 0.15) is 12.0 Å². The minimum atomic E-state index is 0.135. The van der Waals surface area contributed by atoms with E-state index in [1.54, 1.807) is 7.11 Å². The summed E-state index contributed by atoms with van der Waals surface area (Å²) in [6.07, 6.45) is 0.622. The van der Waals surface area contributed by atoms with E-state index in [0.717, 1.165) is 23.6 Å². The molecule has 0 saturated carbocycles. The summed E-state index contributed by atoms with van der Waals surface area (Å²) in [5.41, 5.74) is 1.06. The zero-order chi connectivity index (χ0) is 11.8. The smallest absolute Gasteiger partial charge is 0.165 e. The van der Waals surface area contributed by atoms with E-state index in [1.165, 1.54) is 0 Å². The van der Waals surface area contributed by atoms with E-state index in [0.29, 0.717) is 13.0 Å². The molecule has 1 aromatic carbocycles. The van der Waals surface area contributed by atoms with Gasteiger partial charge in [-0.3, -0.25) is 0 Å². The number of nitrogens with one attached hydrogen (secondary N) is 1. The third-order valence-corrected chi connectivity index (χ3v) is 2.20. The van der Waals surface area contributed by atoms with E-state index in [2.05, 4.69) is 5.32 Å². The SMILES string of the molecule is CNCc1cccc(OC)c1OCCCO. The quantitative estimate of drug-likeness (QED) is 0.684. The van der Waals surface area contributed by atoms with Crippen LogP contribution in [0.4, 0.5) is 0 Å². The van der Waals surface area contributed by atoms with Crippen LogP contribution in [0.5, 0.6) is 11.5 Å². The second kappa shape index (κ2) is 7.09. The molecule has 0 atom stereocenters. The summed E-state index contributed by atoms with van der Waals surface area (Å²) in [7, 11) is 3.51. The highest BCUT2D eigenvalue weighted by Gasteiger charge is 2.09.